The van der Waals surface area contributed by atoms with Crippen LogP contribution in [0.1, 0.15) is 21.6 Å². The van der Waals surface area contributed by atoms with E-state index >= 15 is 0 Å². The summed E-state index contributed by atoms with van der Waals surface area (Å²) < 4.78 is 7.19. The molecule has 0 fully saturated rings. The van der Waals surface area contributed by atoms with E-state index in [-0.39, 0.29) is 12.3 Å². The number of methoxy groups -OCH3 is 1. The minimum Gasteiger partial charge on any atom is -0.495 e. The number of halogens is 2. The molecule has 0 atom stereocenters. The van der Waals surface area contributed by atoms with Gasteiger partial charge in [-0.15, -0.1) is 11.3 Å². The number of nitrogens with zero attached hydrogens (tertiary/aromatic N) is 1. The van der Waals surface area contributed by atoms with Crippen LogP contribution in [-0.2, 0) is 11.2 Å². The summed E-state index contributed by atoms with van der Waals surface area (Å²) in [6, 6.07) is 4.86. The molecule has 0 amide bonds. The van der Waals surface area contributed by atoms with Gasteiger partial charge in [0.15, 0.2) is 0 Å². The number of fused-ring (bicyclic) bond motifs is 1. The summed E-state index contributed by atoms with van der Waals surface area (Å²) in [6.45, 7) is 1.71. The van der Waals surface area contributed by atoms with Crippen LogP contribution >= 0.6 is 34.5 Å². The zero-order valence-electron chi connectivity index (χ0n) is 13.3. The fourth-order valence-corrected chi connectivity index (χ4v) is 3.91. The number of aromatic nitrogens is 1. The summed E-state index contributed by atoms with van der Waals surface area (Å²) in [7, 11) is 1.48. The number of hydrogen-bond donors (Lipinski definition) is 1. The lowest BCUT2D eigenvalue weighted by Crippen LogP contribution is -2.13. The topological polar surface area (TPSA) is 68.5 Å². The van der Waals surface area contributed by atoms with Crippen LogP contribution in [0.3, 0.4) is 0 Å². The van der Waals surface area contributed by atoms with Crippen LogP contribution in [0.15, 0.2) is 23.6 Å². The van der Waals surface area contributed by atoms with Gasteiger partial charge in [-0.3, -0.25) is 14.2 Å². The Hall–Kier alpha value is -2.02. The van der Waals surface area contributed by atoms with Crippen LogP contribution in [0, 0.1) is 6.92 Å². The highest BCUT2D eigenvalue weighted by Gasteiger charge is 2.23. The zero-order valence-corrected chi connectivity index (χ0v) is 15.6. The Morgan fingerprint density at radius 2 is 2.00 bits per heavy atom. The number of ether oxygens (including phenoxy) is 1. The molecule has 0 aliphatic carbocycles. The van der Waals surface area contributed by atoms with Crippen molar-refractivity contribution in [1.82, 2.24) is 4.57 Å². The molecule has 0 saturated carbocycles. The van der Waals surface area contributed by atoms with Crippen molar-refractivity contribution in [3.63, 3.8) is 0 Å². The van der Waals surface area contributed by atoms with Gasteiger partial charge >= 0.3 is 5.97 Å². The molecule has 1 N–H and O–H groups in total. The average Bonchev–Trinajstić information content (AvgIpc) is 3.08. The van der Waals surface area contributed by atoms with Crippen LogP contribution in [0.5, 0.6) is 5.75 Å². The van der Waals surface area contributed by atoms with E-state index in [4.69, 9.17) is 27.9 Å². The van der Waals surface area contributed by atoms with E-state index in [9.17, 15) is 14.7 Å². The smallest absolute Gasteiger partial charge is 0.307 e. The minimum absolute atomic E-state index is 0.211. The predicted molar refractivity (Wildman–Crippen MR) is 98.6 cm³/mol. The molecule has 25 heavy (non-hydrogen) atoms. The molecule has 0 aliphatic heterocycles. The molecule has 3 aromatic rings. The Morgan fingerprint density at radius 1 is 1.28 bits per heavy atom. The summed E-state index contributed by atoms with van der Waals surface area (Å²) in [5, 5.41) is 11.9. The first-order chi connectivity index (χ1) is 11.8. The molecule has 5 nitrogen and oxygen atoms in total. The molecule has 0 unspecified atom stereocenters. The van der Waals surface area contributed by atoms with E-state index in [1.165, 1.54) is 23.0 Å². The standard InChI is InChI=1S/C17H13Cl2NO4S/c1-8-10(5-16(21)22)11-4-14(24-2)12(18)6-13(11)20(8)17(23)9-3-15(19)25-7-9/h3-4,6-7H,5H2,1-2H3,(H,21,22). The molecule has 0 aliphatic rings. The third-order valence-electron chi connectivity index (χ3n) is 3.95. The average molecular weight is 398 g/mol. The molecule has 2 heterocycles. The van der Waals surface area contributed by atoms with E-state index in [1.807, 2.05) is 0 Å². The second kappa shape index (κ2) is 6.71. The summed E-state index contributed by atoms with van der Waals surface area (Å²) in [5.74, 6) is -0.852. The van der Waals surface area contributed by atoms with Gasteiger partial charge in [-0.05, 0) is 30.7 Å². The third kappa shape index (κ3) is 3.13. The Balaban J connectivity index is 2.30. The van der Waals surface area contributed by atoms with Crippen molar-refractivity contribution >= 4 is 57.3 Å². The van der Waals surface area contributed by atoms with Crippen LogP contribution < -0.4 is 4.74 Å². The molecule has 3 rings (SSSR count). The van der Waals surface area contributed by atoms with E-state index in [0.29, 0.717) is 42.8 Å². The number of benzene rings is 1. The maximum atomic E-state index is 12.9. The quantitative estimate of drug-likeness (QED) is 0.695. The fourth-order valence-electron chi connectivity index (χ4n) is 2.82. The lowest BCUT2D eigenvalue weighted by Gasteiger charge is -2.07. The van der Waals surface area contributed by atoms with Crippen molar-refractivity contribution in [2.45, 2.75) is 13.3 Å². The monoisotopic (exact) mass is 397 g/mol. The first kappa shape index (κ1) is 17.8. The van der Waals surface area contributed by atoms with Crippen molar-refractivity contribution in [3.8, 4) is 5.75 Å². The summed E-state index contributed by atoms with van der Waals surface area (Å²) in [5.41, 5.74) is 2.07. The van der Waals surface area contributed by atoms with Crippen molar-refractivity contribution in [2.24, 2.45) is 0 Å². The summed E-state index contributed by atoms with van der Waals surface area (Å²) in [6.07, 6.45) is -0.211. The van der Waals surface area contributed by atoms with Crippen molar-refractivity contribution < 1.29 is 19.4 Å². The van der Waals surface area contributed by atoms with Gasteiger partial charge in [-0.2, -0.15) is 0 Å². The van der Waals surface area contributed by atoms with Gasteiger partial charge in [0.1, 0.15) is 5.75 Å². The third-order valence-corrected chi connectivity index (χ3v) is 5.34. The first-order valence-corrected chi connectivity index (χ1v) is 8.85. The van der Waals surface area contributed by atoms with E-state index < -0.39 is 5.97 Å². The SMILES string of the molecule is COc1cc2c(CC(=O)O)c(C)n(C(=O)c3csc(Cl)c3)c2cc1Cl. The van der Waals surface area contributed by atoms with Gasteiger partial charge in [0.2, 0.25) is 0 Å². The van der Waals surface area contributed by atoms with Gasteiger partial charge in [0, 0.05) is 16.5 Å². The minimum atomic E-state index is -0.984. The van der Waals surface area contributed by atoms with Gasteiger partial charge in [0.05, 0.1) is 34.0 Å². The van der Waals surface area contributed by atoms with Gasteiger partial charge in [-0.25, -0.2) is 0 Å². The molecule has 130 valence electrons. The first-order valence-electron chi connectivity index (χ1n) is 7.21. The number of carboxylic acids is 1. The van der Waals surface area contributed by atoms with Crippen molar-refractivity contribution in [2.75, 3.05) is 7.11 Å². The Kier molecular flexibility index (Phi) is 4.77. The highest BCUT2D eigenvalue weighted by atomic mass is 35.5. The highest BCUT2D eigenvalue weighted by molar-refractivity contribution is 7.14. The number of carbonyl (C=O) groups is 2. The molecule has 1 aromatic carbocycles. The second-order valence-electron chi connectivity index (χ2n) is 5.42. The molecule has 0 saturated heterocycles. The molecule has 2 aromatic heterocycles. The number of hydrogen-bond acceptors (Lipinski definition) is 4. The molecule has 0 spiro atoms. The van der Waals surface area contributed by atoms with Crippen molar-refractivity contribution in [1.29, 1.82) is 0 Å². The lowest BCUT2D eigenvalue weighted by atomic mass is 10.1. The molecular weight excluding hydrogens is 385 g/mol. The maximum Gasteiger partial charge on any atom is 0.307 e. The van der Waals surface area contributed by atoms with Crippen LogP contribution in [0.4, 0.5) is 0 Å². The van der Waals surface area contributed by atoms with Gasteiger partial charge in [-0.1, -0.05) is 23.2 Å². The number of carboxylic acid groups (broad SMARTS) is 1. The Morgan fingerprint density at radius 3 is 2.56 bits per heavy atom. The maximum absolute atomic E-state index is 12.9. The number of thiophene rings is 1. The number of aliphatic carboxylic acids is 1. The van der Waals surface area contributed by atoms with Crippen LogP contribution in [-0.4, -0.2) is 28.7 Å². The summed E-state index contributed by atoms with van der Waals surface area (Å²) >= 11 is 13.4. The predicted octanol–water partition coefficient (Wildman–Crippen LogP) is 4.64. The Bertz CT molecular complexity index is 1010. The van der Waals surface area contributed by atoms with E-state index in [2.05, 4.69) is 0 Å². The lowest BCUT2D eigenvalue weighted by molar-refractivity contribution is -0.136. The second-order valence-corrected chi connectivity index (χ2v) is 7.37. The fraction of sp³-hybridized carbons (Fsp3) is 0.176. The number of rotatable bonds is 4. The van der Waals surface area contributed by atoms with Gasteiger partial charge in [0.25, 0.3) is 5.91 Å². The largest absolute Gasteiger partial charge is 0.495 e. The molecule has 8 heteroatoms. The van der Waals surface area contributed by atoms with Crippen LogP contribution in [0.2, 0.25) is 9.36 Å². The van der Waals surface area contributed by atoms with Crippen LogP contribution in [0.25, 0.3) is 10.9 Å². The zero-order chi connectivity index (χ0) is 18.3. The molecule has 0 bridgehead atoms. The van der Waals surface area contributed by atoms with E-state index in [1.54, 1.807) is 30.5 Å². The summed E-state index contributed by atoms with van der Waals surface area (Å²) in [4.78, 5) is 24.2. The number of carbonyl (C=O) groups excluding carboxylic acids is 1. The van der Waals surface area contributed by atoms with E-state index in [0.717, 1.165) is 0 Å². The molecular formula is C17H13Cl2NO4S. The normalized spacial score (nSPS) is 11.0. The highest BCUT2D eigenvalue weighted by Crippen LogP contribution is 2.35. The Labute approximate surface area is 157 Å². The van der Waals surface area contributed by atoms with Crippen molar-refractivity contribution in [3.05, 3.63) is 49.8 Å². The van der Waals surface area contributed by atoms with Gasteiger partial charge < -0.3 is 9.84 Å². The molecule has 0 radical (unpaired) electrons.